The van der Waals surface area contributed by atoms with Crippen LogP contribution in [0, 0.1) is 5.92 Å². The molecule has 0 radical (unpaired) electrons. The van der Waals surface area contributed by atoms with Crippen LogP contribution in [0.5, 0.6) is 0 Å². The second kappa shape index (κ2) is 8.80. The van der Waals surface area contributed by atoms with E-state index in [9.17, 15) is 4.79 Å². The van der Waals surface area contributed by atoms with E-state index in [4.69, 9.17) is 11.6 Å². The van der Waals surface area contributed by atoms with Gasteiger partial charge in [-0.2, -0.15) is 5.10 Å². The van der Waals surface area contributed by atoms with Crippen molar-refractivity contribution < 1.29 is 4.79 Å². The molecule has 0 aliphatic carbocycles. The van der Waals surface area contributed by atoms with Gasteiger partial charge in [-0.25, -0.2) is 0 Å². The van der Waals surface area contributed by atoms with Crippen LogP contribution in [-0.4, -0.2) is 35.8 Å². The fourth-order valence-corrected chi connectivity index (χ4v) is 4.07. The van der Waals surface area contributed by atoms with Crippen LogP contribution in [0.3, 0.4) is 0 Å². The molecule has 1 aliphatic heterocycles. The number of para-hydroxylation sites is 1. The summed E-state index contributed by atoms with van der Waals surface area (Å²) in [4.78, 5) is 14.4. The molecule has 5 nitrogen and oxygen atoms in total. The predicted octanol–water partition coefficient (Wildman–Crippen LogP) is 4.48. The molecule has 0 bridgehead atoms. The molecule has 1 fully saturated rings. The molecule has 150 valence electrons. The first kappa shape index (κ1) is 19.7. The van der Waals surface area contributed by atoms with E-state index in [1.54, 1.807) is 18.0 Å². The normalized spacial score (nSPS) is 14.7. The summed E-state index contributed by atoms with van der Waals surface area (Å²) in [6, 6.07) is 15.0. The van der Waals surface area contributed by atoms with Crippen LogP contribution in [0.2, 0.25) is 5.02 Å². The van der Waals surface area contributed by atoms with Gasteiger partial charge in [-0.3, -0.25) is 9.48 Å². The first-order valence-corrected chi connectivity index (χ1v) is 10.4. The molecule has 1 amide bonds. The highest BCUT2D eigenvalue weighted by molar-refractivity contribution is 6.33. The number of carbonyl (C=O) groups excluding carboxylic acids is 1. The van der Waals surface area contributed by atoms with Gasteiger partial charge in [-0.1, -0.05) is 35.9 Å². The summed E-state index contributed by atoms with van der Waals surface area (Å²) >= 11 is 6.54. The second-order valence-electron chi connectivity index (χ2n) is 7.54. The molecule has 0 saturated carbocycles. The monoisotopic (exact) mass is 408 g/mol. The molecule has 2 heterocycles. The van der Waals surface area contributed by atoms with Crippen LogP contribution in [0.4, 0.5) is 5.69 Å². The second-order valence-corrected chi connectivity index (χ2v) is 7.95. The molecule has 0 unspecified atom stereocenters. The Morgan fingerprint density at radius 2 is 1.97 bits per heavy atom. The molecule has 1 saturated heterocycles. The molecule has 29 heavy (non-hydrogen) atoms. The predicted molar refractivity (Wildman–Crippen MR) is 117 cm³/mol. The highest BCUT2D eigenvalue weighted by atomic mass is 35.5. The number of hydrogen-bond donors (Lipinski definition) is 1. The number of benzene rings is 2. The molecule has 0 spiro atoms. The number of amides is 1. The summed E-state index contributed by atoms with van der Waals surface area (Å²) in [6.45, 7) is 3.09. The van der Waals surface area contributed by atoms with Crippen LogP contribution >= 0.6 is 11.6 Å². The molecule has 1 N–H and O–H groups in total. The number of nitrogens with one attached hydrogen (secondary N) is 1. The maximum atomic E-state index is 12.8. The van der Waals surface area contributed by atoms with Gasteiger partial charge < -0.3 is 10.2 Å². The van der Waals surface area contributed by atoms with E-state index in [1.165, 1.54) is 12.8 Å². The van der Waals surface area contributed by atoms with Crippen molar-refractivity contribution in [1.82, 2.24) is 15.1 Å². The van der Waals surface area contributed by atoms with E-state index in [-0.39, 0.29) is 5.91 Å². The molecule has 6 heteroatoms. The minimum Gasteiger partial charge on any atom is -0.317 e. The fourth-order valence-electron chi connectivity index (χ4n) is 3.78. The average molecular weight is 409 g/mol. The van der Waals surface area contributed by atoms with Crippen LogP contribution in [0.25, 0.3) is 11.1 Å². The number of anilines is 1. The maximum Gasteiger partial charge on any atom is 0.258 e. The van der Waals surface area contributed by atoms with Gasteiger partial charge in [-0.05, 0) is 56.1 Å². The Balaban J connectivity index is 1.49. The topological polar surface area (TPSA) is 50.2 Å². The Morgan fingerprint density at radius 3 is 2.69 bits per heavy atom. The average Bonchev–Trinajstić information content (AvgIpc) is 3.22. The minimum atomic E-state index is -0.0914. The molecule has 4 rings (SSSR count). The van der Waals surface area contributed by atoms with Gasteiger partial charge >= 0.3 is 0 Å². The number of carbonyl (C=O) groups is 1. The number of nitrogens with zero attached hydrogens (tertiary/aromatic N) is 3. The largest absolute Gasteiger partial charge is 0.317 e. The molecule has 1 aromatic heterocycles. The third-order valence-corrected chi connectivity index (χ3v) is 5.83. The molecular formula is C23H25ClN4O. The standard InChI is InChI=1S/C23H25ClN4O/c1-27(20-5-3-2-4-6-20)23(29)18-7-8-21(22(24)13-18)19-14-26-28(16-19)15-17-9-11-25-12-10-17/h2-8,13-14,16-17,25H,9-12,15H2,1H3. The van der Waals surface area contributed by atoms with E-state index in [0.717, 1.165) is 36.4 Å². The van der Waals surface area contributed by atoms with Gasteiger partial charge in [-0.15, -0.1) is 0 Å². The van der Waals surface area contributed by atoms with Crippen LogP contribution < -0.4 is 10.2 Å². The van der Waals surface area contributed by atoms with Gasteiger partial charge in [0, 0.05) is 47.2 Å². The third kappa shape index (κ3) is 4.52. The fraction of sp³-hybridized carbons (Fsp3) is 0.304. The highest BCUT2D eigenvalue weighted by Gasteiger charge is 2.17. The Labute approximate surface area is 176 Å². The first-order valence-electron chi connectivity index (χ1n) is 9.98. The van der Waals surface area contributed by atoms with E-state index in [2.05, 4.69) is 10.4 Å². The van der Waals surface area contributed by atoms with Crippen LogP contribution in [-0.2, 0) is 6.54 Å². The van der Waals surface area contributed by atoms with Crippen molar-refractivity contribution >= 4 is 23.2 Å². The van der Waals surface area contributed by atoms with Gasteiger partial charge in [0.15, 0.2) is 0 Å². The van der Waals surface area contributed by atoms with Crippen molar-refractivity contribution in [2.45, 2.75) is 19.4 Å². The summed E-state index contributed by atoms with van der Waals surface area (Å²) in [5, 5.41) is 8.46. The zero-order valence-electron chi connectivity index (χ0n) is 16.5. The third-order valence-electron chi connectivity index (χ3n) is 5.51. The smallest absolute Gasteiger partial charge is 0.258 e. The van der Waals surface area contributed by atoms with E-state index in [1.807, 2.05) is 59.5 Å². The molecule has 3 aromatic rings. The zero-order chi connectivity index (χ0) is 20.2. The van der Waals surface area contributed by atoms with Crippen molar-refractivity contribution in [3.05, 3.63) is 71.5 Å². The van der Waals surface area contributed by atoms with Crippen molar-refractivity contribution in [2.24, 2.45) is 5.92 Å². The maximum absolute atomic E-state index is 12.8. The number of piperidine rings is 1. The van der Waals surface area contributed by atoms with Gasteiger partial charge in [0.1, 0.15) is 0 Å². The summed E-state index contributed by atoms with van der Waals surface area (Å²) in [7, 11) is 1.77. The van der Waals surface area contributed by atoms with Crippen molar-refractivity contribution in [1.29, 1.82) is 0 Å². The van der Waals surface area contributed by atoms with Crippen molar-refractivity contribution in [3.63, 3.8) is 0 Å². The van der Waals surface area contributed by atoms with E-state index >= 15 is 0 Å². The van der Waals surface area contributed by atoms with Crippen molar-refractivity contribution in [2.75, 3.05) is 25.0 Å². The minimum absolute atomic E-state index is 0.0914. The van der Waals surface area contributed by atoms with Crippen LogP contribution in [0.1, 0.15) is 23.2 Å². The first-order chi connectivity index (χ1) is 14.1. The molecule has 2 aromatic carbocycles. The zero-order valence-corrected chi connectivity index (χ0v) is 17.3. The van der Waals surface area contributed by atoms with Gasteiger partial charge in [0.25, 0.3) is 5.91 Å². The number of rotatable bonds is 5. The quantitative estimate of drug-likeness (QED) is 0.677. The summed E-state index contributed by atoms with van der Waals surface area (Å²) in [5.41, 5.74) is 3.27. The Morgan fingerprint density at radius 1 is 1.21 bits per heavy atom. The lowest BCUT2D eigenvalue weighted by Gasteiger charge is -2.22. The molecule has 0 atom stereocenters. The Bertz CT molecular complexity index is 980. The summed E-state index contributed by atoms with van der Waals surface area (Å²) in [6.07, 6.45) is 6.25. The Hall–Kier alpha value is -2.63. The van der Waals surface area contributed by atoms with Gasteiger partial charge in [0.05, 0.1) is 6.20 Å². The van der Waals surface area contributed by atoms with Crippen molar-refractivity contribution in [3.8, 4) is 11.1 Å². The SMILES string of the molecule is CN(C(=O)c1ccc(-c2cnn(CC3CCNCC3)c2)c(Cl)c1)c1ccccc1. The van der Waals surface area contributed by atoms with E-state index in [0.29, 0.717) is 16.5 Å². The lowest BCUT2D eigenvalue weighted by atomic mass is 9.98. The molecular weight excluding hydrogens is 384 g/mol. The number of halogens is 1. The lowest BCUT2D eigenvalue weighted by Crippen LogP contribution is -2.29. The highest BCUT2D eigenvalue weighted by Crippen LogP contribution is 2.29. The lowest BCUT2D eigenvalue weighted by molar-refractivity contribution is 0.0993. The summed E-state index contributed by atoms with van der Waals surface area (Å²) in [5.74, 6) is 0.569. The number of aromatic nitrogens is 2. The summed E-state index contributed by atoms with van der Waals surface area (Å²) < 4.78 is 2.00. The van der Waals surface area contributed by atoms with E-state index < -0.39 is 0 Å². The van der Waals surface area contributed by atoms with Gasteiger partial charge in [0.2, 0.25) is 0 Å². The Kier molecular flexibility index (Phi) is 5.97. The number of hydrogen-bond acceptors (Lipinski definition) is 3. The molecule has 1 aliphatic rings. The van der Waals surface area contributed by atoms with Crippen LogP contribution in [0.15, 0.2) is 60.9 Å².